The van der Waals surface area contributed by atoms with Crippen LogP contribution in [0.1, 0.15) is 25.7 Å². The van der Waals surface area contributed by atoms with Crippen LogP contribution in [-0.2, 0) is 0 Å². The standard InChI is InChI=1S/C13H16N2O/c1-8(10-3-4-10)14-11-5-6-13-12(7-11)15-9(2)16-13/h5-8,10,14H,3-4H2,1-2H3. The first kappa shape index (κ1) is 9.70. The van der Waals surface area contributed by atoms with E-state index in [1.807, 2.05) is 13.0 Å². The summed E-state index contributed by atoms with van der Waals surface area (Å²) in [6.45, 7) is 4.12. The SMILES string of the molecule is Cc1nc2cc(NC(C)C3CC3)ccc2o1. The van der Waals surface area contributed by atoms with E-state index >= 15 is 0 Å². The normalized spacial score (nSPS) is 17.6. The molecule has 1 aromatic carbocycles. The molecular weight excluding hydrogens is 200 g/mol. The van der Waals surface area contributed by atoms with E-state index in [0.717, 1.165) is 28.6 Å². The van der Waals surface area contributed by atoms with Gasteiger partial charge in [-0.2, -0.15) is 0 Å². The van der Waals surface area contributed by atoms with Gasteiger partial charge in [-0.1, -0.05) is 0 Å². The van der Waals surface area contributed by atoms with Crippen LogP contribution in [0.15, 0.2) is 22.6 Å². The third-order valence-corrected chi connectivity index (χ3v) is 3.22. The maximum Gasteiger partial charge on any atom is 0.192 e. The van der Waals surface area contributed by atoms with E-state index in [2.05, 4.69) is 29.4 Å². The van der Waals surface area contributed by atoms with Gasteiger partial charge >= 0.3 is 0 Å². The summed E-state index contributed by atoms with van der Waals surface area (Å²) in [5, 5.41) is 3.52. The first-order valence-corrected chi connectivity index (χ1v) is 5.86. The van der Waals surface area contributed by atoms with Gasteiger partial charge in [0, 0.05) is 18.7 Å². The summed E-state index contributed by atoms with van der Waals surface area (Å²) in [4.78, 5) is 4.33. The van der Waals surface area contributed by atoms with Crippen molar-refractivity contribution in [2.45, 2.75) is 32.7 Å². The molecular formula is C13H16N2O. The number of nitrogens with zero attached hydrogens (tertiary/aromatic N) is 1. The number of aryl methyl sites for hydroxylation is 1. The van der Waals surface area contributed by atoms with E-state index in [0.29, 0.717) is 6.04 Å². The molecule has 1 aliphatic rings. The summed E-state index contributed by atoms with van der Waals surface area (Å²) in [5.41, 5.74) is 2.94. The second-order valence-electron chi connectivity index (χ2n) is 4.69. The second-order valence-corrected chi connectivity index (χ2v) is 4.69. The van der Waals surface area contributed by atoms with Crippen LogP contribution in [-0.4, -0.2) is 11.0 Å². The van der Waals surface area contributed by atoms with Crippen molar-refractivity contribution >= 4 is 16.8 Å². The van der Waals surface area contributed by atoms with Gasteiger partial charge in [0.1, 0.15) is 5.52 Å². The molecule has 0 amide bonds. The van der Waals surface area contributed by atoms with E-state index in [1.54, 1.807) is 0 Å². The number of anilines is 1. The average Bonchev–Trinajstić information content (AvgIpc) is 3.01. The van der Waals surface area contributed by atoms with Crippen molar-refractivity contribution in [3.63, 3.8) is 0 Å². The largest absolute Gasteiger partial charge is 0.441 e. The van der Waals surface area contributed by atoms with E-state index in [4.69, 9.17) is 4.42 Å². The monoisotopic (exact) mass is 216 g/mol. The number of benzene rings is 1. The zero-order valence-electron chi connectivity index (χ0n) is 9.66. The van der Waals surface area contributed by atoms with Crippen LogP contribution in [0.25, 0.3) is 11.1 Å². The minimum absolute atomic E-state index is 0.561. The minimum Gasteiger partial charge on any atom is -0.441 e. The Hall–Kier alpha value is -1.51. The molecule has 2 aromatic rings. The van der Waals surface area contributed by atoms with Crippen molar-refractivity contribution in [2.24, 2.45) is 5.92 Å². The van der Waals surface area contributed by atoms with Crippen LogP contribution >= 0.6 is 0 Å². The predicted molar refractivity (Wildman–Crippen MR) is 64.6 cm³/mol. The van der Waals surface area contributed by atoms with Crippen molar-refractivity contribution in [3.8, 4) is 0 Å². The first-order valence-electron chi connectivity index (χ1n) is 5.86. The highest BCUT2D eigenvalue weighted by molar-refractivity contribution is 5.77. The molecule has 16 heavy (non-hydrogen) atoms. The fourth-order valence-electron chi connectivity index (χ4n) is 2.11. The van der Waals surface area contributed by atoms with Crippen molar-refractivity contribution < 1.29 is 4.42 Å². The third kappa shape index (κ3) is 1.77. The molecule has 0 radical (unpaired) electrons. The van der Waals surface area contributed by atoms with E-state index in [9.17, 15) is 0 Å². The van der Waals surface area contributed by atoms with Crippen molar-refractivity contribution in [2.75, 3.05) is 5.32 Å². The van der Waals surface area contributed by atoms with Gasteiger partial charge in [0.2, 0.25) is 0 Å². The van der Waals surface area contributed by atoms with Crippen molar-refractivity contribution in [3.05, 3.63) is 24.1 Å². The number of aromatic nitrogens is 1. The molecule has 1 N–H and O–H groups in total. The highest BCUT2D eigenvalue weighted by atomic mass is 16.3. The number of hydrogen-bond donors (Lipinski definition) is 1. The van der Waals surface area contributed by atoms with Gasteiger partial charge in [-0.3, -0.25) is 0 Å². The smallest absolute Gasteiger partial charge is 0.192 e. The van der Waals surface area contributed by atoms with E-state index in [-0.39, 0.29) is 0 Å². The maximum atomic E-state index is 5.45. The van der Waals surface area contributed by atoms with E-state index in [1.165, 1.54) is 12.8 Å². The predicted octanol–water partition coefficient (Wildman–Crippen LogP) is 3.35. The number of fused-ring (bicyclic) bond motifs is 1. The number of nitrogens with one attached hydrogen (secondary N) is 1. The lowest BCUT2D eigenvalue weighted by Gasteiger charge is -2.13. The molecule has 3 heteroatoms. The molecule has 1 aliphatic carbocycles. The third-order valence-electron chi connectivity index (χ3n) is 3.22. The number of oxazole rings is 1. The molecule has 0 bridgehead atoms. The van der Waals surface area contributed by atoms with Crippen molar-refractivity contribution in [1.29, 1.82) is 0 Å². The van der Waals surface area contributed by atoms with Crippen LogP contribution in [0.5, 0.6) is 0 Å². The molecule has 0 aliphatic heterocycles. The Morgan fingerprint density at radius 1 is 1.44 bits per heavy atom. The van der Waals surface area contributed by atoms with Gasteiger partial charge < -0.3 is 9.73 Å². The highest BCUT2D eigenvalue weighted by Gasteiger charge is 2.27. The summed E-state index contributed by atoms with van der Waals surface area (Å²) in [6.07, 6.45) is 2.72. The lowest BCUT2D eigenvalue weighted by atomic mass is 10.2. The highest BCUT2D eigenvalue weighted by Crippen LogP contribution is 2.34. The van der Waals surface area contributed by atoms with Gasteiger partial charge in [0.05, 0.1) is 0 Å². The number of hydrogen-bond acceptors (Lipinski definition) is 3. The summed E-state index contributed by atoms with van der Waals surface area (Å²) >= 11 is 0. The Morgan fingerprint density at radius 3 is 3.00 bits per heavy atom. The summed E-state index contributed by atoms with van der Waals surface area (Å²) in [5.74, 6) is 1.58. The Bertz CT molecular complexity index is 514. The van der Waals surface area contributed by atoms with Crippen LogP contribution in [0.3, 0.4) is 0 Å². The van der Waals surface area contributed by atoms with E-state index < -0.39 is 0 Å². The molecule has 1 saturated carbocycles. The summed E-state index contributed by atoms with van der Waals surface area (Å²) < 4.78 is 5.45. The van der Waals surface area contributed by atoms with Crippen molar-refractivity contribution in [1.82, 2.24) is 4.98 Å². The number of rotatable bonds is 3. The molecule has 0 spiro atoms. The van der Waals surface area contributed by atoms with Crippen LogP contribution in [0.4, 0.5) is 5.69 Å². The quantitative estimate of drug-likeness (QED) is 0.855. The average molecular weight is 216 g/mol. The zero-order chi connectivity index (χ0) is 11.1. The fraction of sp³-hybridized carbons (Fsp3) is 0.462. The van der Waals surface area contributed by atoms with Gasteiger partial charge in [-0.05, 0) is 43.9 Å². The maximum absolute atomic E-state index is 5.45. The molecule has 84 valence electrons. The summed E-state index contributed by atoms with van der Waals surface area (Å²) in [7, 11) is 0. The molecule has 3 rings (SSSR count). The van der Waals surface area contributed by atoms with Gasteiger partial charge in [-0.15, -0.1) is 0 Å². The van der Waals surface area contributed by atoms with Gasteiger partial charge in [0.25, 0.3) is 0 Å². The van der Waals surface area contributed by atoms with Crippen LogP contribution in [0.2, 0.25) is 0 Å². The Morgan fingerprint density at radius 2 is 2.25 bits per heavy atom. The molecule has 1 fully saturated rings. The van der Waals surface area contributed by atoms with Crippen LogP contribution < -0.4 is 5.32 Å². The van der Waals surface area contributed by atoms with Crippen LogP contribution in [0, 0.1) is 12.8 Å². The Balaban J connectivity index is 1.86. The molecule has 1 aromatic heterocycles. The summed E-state index contributed by atoms with van der Waals surface area (Å²) in [6, 6.07) is 6.67. The minimum atomic E-state index is 0.561. The molecule has 0 saturated heterocycles. The molecule has 1 atom stereocenters. The lowest BCUT2D eigenvalue weighted by Crippen LogP contribution is -2.16. The lowest BCUT2D eigenvalue weighted by molar-refractivity contribution is 0.561. The first-order chi connectivity index (χ1) is 7.72. The Kier molecular flexibility index (Phi) is 2.13. The molecule has 1 unspecified atom stereocenters. The van der Waals surface area contributed by atoms with Gasteiger partial charge in [0.15, 0.2) is 11.5 Å². The molecule has 3 nitrogen and oxygen atoms in total. The second kappa shape index (κ2) is 3.51. The topological polar surface area (TPSA) is 38.1 Å². The Labute approximate surface area is 94.9 Å². The zero-order valence-corrected chi connectivity index (χ0v) is 9.66. The molecule has 1 heterocycles. The fourth-order valence-corrected chi connectivity index (χ4v) is 2.11. The van der Waals surface area contributed by atoms with Gasteiger partial charge in [-0.25, -0.2) is 4.98 Å².